The first kappa shape index (κ1) is 11.8. The minimum Gasteiger partial charge on any atom is -0.504 e. The minimum atomic E-state index is -0.406. The van der Waals surface area contributed by atoms with Crippen molar-refractivity contribution >= 4 is 22.9 Å². The summed E-state index contributed by atoms with van der Waals surface area (Å²) in [6, 6.07) is 4.87. The average molecular weight is 253 g/mol. The molecule has 5 nitrogen and oxygen atoms in total. The van der Waals surface area contributed by atoms with Gasteiger partial charge in [0.2, 0.25) is 5.91 Å². The Hall–Kier alpha value is -1.69. The van der Waals surface area contributed by atoms with Gasteiger partial charge in [0.05, 0.1) is 12.4 Å². The summed E-state index contributed by atoms with van der Waals surface area (Å²) in [5.41, 5.74) is 0.835. The Kier molecular flexibility index (Phi) is 3.23. The van der Waals surface area contributed by atoms with Gasteiger partial charge in [-0.1, -0.05) is 17.8 Å². The van der Waals surface area contributed by atoms with Gasteiger partial charge in [-0.25, -0.2) is 0 Å². The smallest absolute Gasteiger partial charge is 0.286 e. The molecule has 0 radical (unpaired) electrons. The van der Waals surface area contributed by atoms with E-state index in [9.17, 15) is 14.7 Å². The number of carbonyl (C=O) groups is 2. The van der Waals surface area contributed by atoms with Crippen LogP contribution in [0.2, 0.25) is 0 Å². The lowest BCUT2D eigenvalue weighted by Gasteiger charge is -2.08. The topological polar surface area (TPSA) is 75.6 Å². The molecule has 0 aliphatic carbocycles. The van der Waals surface area contributed by atoms with Gasteiger partial charge >= 0.3 is 0 Å². The van der Waals surface area contributed by atoms with E-state index in [1.54, 1.807) is 12.1 Å². The molecular formula is C11H11NO4S. The van der Waals surface area contributed by atoms with Crippen molar-refractivity contribution < 1.29 is 19.4 Å². The number of amides is 2. The van der Waals surface area contributed by atoms with Gasteiger partial charge in [0, 0.05) is 0 Å². The second kappa shape index (κ2) is 4.67. The quantitative estimate of drug-likeness (QED) is 0.849. The van der Waals surface area contributed by atoms with Crippen molar-refractivity contribution in [1.29, 1.82) is 0 Å². The molecule has 0 bridgehead atoms. The third-order valence-corrected chi connectivity index (χ3v) is 3.41. The van der Waals surface area contributed by atoms with Crippen LogP contribution in [0.25, 0.3) is 0 Å². The summed E-state index contributed by atoms with van der Waals surface area (Å²) in [6.07, 6.45) is 0.429. The van der Waals surface area contributed by atoms with Crippen LogP contribution in [-0.4, -0.2) is 28.6 Å². The maximum Gasteiger partial charge on any atom is 0.286 e. The molecule has 1 aliphatic heterocycles. The zero-order chi connectivity index (χ0) is 12.4. The average Bonchev–Trinajstić information content (AvgIpc) is 2.60. The number of hydrogen-bond acceptors (Lipinski definition) is 5. The second-order valence-corrected chi connectivity index (χ2v) is 4.77. The molecule has 1 aromatic rings. The molecule has 90 valence electrons. The fourth-order valence-corrected chi connectivity index (χ4v) is 2.45. The molecular weight excluding hydrogens is 242 g/mol. The number of imide groups is 1. The van der Waals surface area contributed by atoms with Crippen molar-refractivity contribution in [3.63, 3.8) is 0 Å². The van der Waals surface area contributed by atoms with Gasteiger partial charge in [-0.05, 0) is 24.1 Å². The first-order valence-electron chi connectivity index (χ1n) is 4.97. The van der Waals surface area contributed by atoms with Crippen molar-refractivity contribution in [2.45, 2.75) is 11.7 Å². The molecule has 0 spiro atoms. The fraction of sp³-hybridized carbons (Fsp3) is 0.273. The number of aromatic hydroxyl groups is 1. The molecule has 1 heterocycles. The van der Waals surface area contributed by atoms with Crippen LogP contribution < -0.4 is 10.1 Å². The Morgan fingerprint density at radius 1 is 1.47 bits per heavy atom. The summed E-state index contributed by atoms with van der Waals surface area (Å²) in [5.74, 6) is 0.139. The molecule has 2 amide bonds. The lowest BCUT2D eigenvalue weighted by molar-refractivity contribution is -0.118. The number of phenols is 1. The van der Waals surface area contributed by atoms with E-state index in [4.69, 9.17) is 4.74 Å². The van der Waals surface area contributed by atoms with Crippen LogP contribution in [0, 0.1) is 0 Å². The molecule has 0 saturated carbocycles. The molecule has 0 unspecified atom stereocenters. The lowest BCUT2D eigenvalue weighted by atomic mass is 10.1. The van der Waals surface area contributed by atoms with Crippen molar-refractivity contribution in [2.24, 2.45) is 0 Å². The molecule has 2 N–H and O–H groups in total. The van der Waals surface area contributed by atoms with E-state index in [1.807, 2.05) is 0 Å². The maximum absolute atomic E-state index is 11.4. The van der Waals surface area contributed by atoms with Gasteiger partial charge in [0.1, 0.15) is 0 Å². The lowest BCUT2D eigenvalue weighted by Crippen LogP contribution is -2.25. The molecule has 1 atom stereocenters. The molecule has 0 aromatic heterocycles. The van der Waals surface area contributed by atoms with E-state index in [-0.39, 0.29) is 16.9 Å². The van der Waals surface area contributed by atoms with E-state index in [0.717, 1.165) is 17.3 Å². The third kappa shape index (κ3) is 2.52. The van der Waals surface area contributed by atoms with Crippen LogP contribution in [0.1, 0.15) is 5.56 Å². The monoisotopic (exact) mass is 253 g/mol. The Morgan fingerprint density at radius 2 is 2.24 bits per heavy atom. The summed E-state index contributed by atoms with van der Waals surface area (Å²) >= 11 is 0.983. The fourth-order valence-electron chi connectivity index (χ4n) is 1.59. The number of methoxy groups -OCH3 is 1. The van der Waals surface area contributed by atoms with E-state index in [0.29, 0.717) is 12.2 Å². The molecule has 2 rings (SSSR count). The zero-order valence-corrected chi connectivity index (χ0v) is 9.91. The molecule has 1 aliphatic rings. The van der Waals surface area contributed by atoms with Gasteiger partial charge in [0.25, 0.3) is 5.24 Å². The van der Waals surface area contributed by atoms with E-state index >= 15 is 0 Å². The number of phenolic OH excluding ortho intramolecular Hbond substituents is 1. The Morgan fingerprint density at radius 3 is 2.82 bits per heavy atom. The number of ether oxygens (including phenoxy) is 1. The summed E-state index contributed by atoms with van der Waals surface area (Å²) in [4.78, 5) is 22.4. The Balaban J connectivity index is 2.14. The number of hydrogen-bond donors (Lipinski definition) is 2. The highest BCUT2D eigenvalue weighted by Gasteiger charge is 2.31. The second-order valence-electron chi connectivity index (χ2n) is 3.59. The number of nitrogens with one attached hydrogen (secondary N) is 1. The van der Waals surface area contributed by atoms with Crippen molar-refractivity contribution in [3.8, 4) is 11.5 Å². The molecule has 1 aromatic carbocycles. The first-order valence-corrected chi connectivity index (χ1v) is 5.85. The molecule has 6 heteroatoms. The van der Waals surface area contributed by atoms with Crippen LogP contribution in [0.5, 0.6) is 11.5 Å². The highest BCUT2D eigenvalue weighted by Crippen LogP contribution is 2.29. The minimum absolute atomic E-state index is 0.0517. The largest absolute Gasteiger partial charge is 0.504 e. The van der Waals surface area contributed by atoms with Crippen LogP contribution in [0.15, 0.2) is 18.2 Å². The molecule has 1 fully saturated rings. The van der Waals surface area contributed by atoms with Crippen LogP contribution >= 0.6 is 11.8 Å². The number of benzene rings is 1. The number of rotatable bonds is 3. The van der Waals surface area contributed by atoms with E-state index < -0.39 is 5.25 Å². The summed E-state index contributed by atoms with van der Waals surface area (Å²) < 4.78 is 4.97. The zero-order valence-electron chi connectivity index (χ0n) is 9.10. The van der Waals surface area contributed by atoms with E-state index in [1.165, 1.54) is 13.2 Å². The maximum atomic E-state index is 11.4. The Labute approximate surface area is 102 Å². The SMILES string of the molecule is COc1cc(C[C@H]2SC(=O)NC2=O)ccc1O. The van der Waals surface area contributed by atoms with Crippen molar-refractivity contribution in [1.82, 2.24) is 5.32 Å². The van der Waals surface area contributed by atoms with Gasteiger partial charge in [-0.2, -0.15) is 0 Å². The van der Waals surface area contributed by atoms with Crippen LogP contribution in [0.4, 0.5) is 4.79 Å². The first-order chi connectivity index (χ1) is 8.10. The standard InChI is InChI=1S/C11H11NO4S/c1-16-8-4-6(2-3-7(8)13)5-9-10(14)12-11(15)17-9/h2-4,9,13H,5H2,1H3,(H,12,14,15)/t9-/m1/s1. The highest BCUT2D eigenvalue weighted by molar-refractivity contribution is 8.15. The summed E-state index contributed by atoms with van der Waals surface area (Å²) in [6.45, 7) is 0. The Bertz CT molecular complexity index is 475. The van der Waals surface area contributed by atoms with Gasteiger partial charge in [0.15, 0.2) is 11.5 Å². The van der Waals surface area contributed by atoms with Crippen LogP contribution in [-0.2, 0) is 11.2 Å². The molecule has 1 saturated heterocycles. The van der Waals surface area contributed by atoms with Gasteiger partial charge in [-0.3, -0.25) is 14.9 Å². The number of carbonyl (C=O) groups excluding carboxylic acids is 2. The number of thioether (sulfide) groups is 1. The summed E-state index contributed by atoms with van der Waals surface area (Å²) in [7, 11) is 1.46. The van der Waals surface area contributed by atoms with E-state index in [2.05, 4.69) is 5.32 Å². The highest BCUT2D eigenvalue weighted by atomic mass is 32.2. The van der Waals surface area contributed by atoms with Gasteiger partial charge in [-0.15, -0.1) is 0 Å². The van der Waals surface area contributed by atoms with Crippen molar-refractivity contribution in [3.05, 3.63) is 23.8 Å². The van der Waals surface area contributed by atoms with Crippen LogP contribution in [0.3, 0.4) is 0 Å². The normalized spacial score (nSPS) is 19.2. The molecule has 17 heavy (non-hydrogen) atoms. The van der Waals surface area contributed by atoms with Crippen molar-refractivity contribution in [2.75, 3.05) is 7.11 Å². The predicted molar refractivity (Wildman–Crippen MR) is 63.3 cm³/mol. The third-order valence-electron chi connectivity index (χ3n) is 2.43. The van der Waals surface area contributed by atoms with Gasteiger partial charge < -0.3 is 9.84 Å². The summed E-state index contributed by atoms with van der Waals surface area (Å²) in [5, 5.41) is 10.9. The predicted octanol–water partition coefficient (Wildman–Crippen LogP) is 1.29.